The Morgan fingerprint density at radius 2 is 1.77 bits per heavy atom. The zero-order valence-corrected chi connectivity index (χ0v) is 21.2. The van der Waals surface area contributed by atoms with Crippen molar-refractivity contribution < 1.29 is 63.9 Å². The van der Waals surface area contributed by atoms with Crippen LogP contribution in [0.1, 0.15) is 18.9 Å². The molecule has 0 spiro atoms. The van der Waals surface area contributed by atoms with Crippen molar-refractivity contribution in [2.45, 2.75) is 67.6 Å². The van der Waals surface area contributed by atoms with Crippen LogP contribution >= 0.6 is 0 Å². The molecule has 1 aromatic rings. The fraction of sp³-hybridized carbons (Fsp3) is 0.538. The molecule has 6 N–H and O–H groups in total. The summed E-state index contributed by atoms with van der Waals surface area (Å²) in [5, 5.41) is 62.9. The maximum absolute atomic E-state index is 12.8. The minimum absolute atomic E-state index is 0.356. The summed E-state index contributed by atoms with van der Waals surface area (Å²) in [6.45, 7) is 0.679. The Bertz CT molecular complexity index is 1100. The highest BCUT2D eigenvalue weighted by atomic mass is 16.8. The van der Waals surface area contributed by atoms with Crippen molar-refractivity contribution in [2.75, 3.05) is 13.7 Å². The SMILES string of the molecule is COC(=O)C1=CO[C@@H](O[C@@H]2O[C@H](CO)[C@@H](O)[C@H](O)[C@H]2O)[C@H]2[C@]1(O)[C@H](O)C[C@]2(C)OC(=O)/C=C/c1ccccc1. The standard InChI is InChI=1S/C26H32O13/c1-25(39-17(29)9-8-13-6-4-3-5-7-13)10-16(28)26(34)14(22(33)35-2)12-36-24(21(25)26)38-23-20(32)19(31)18(30)15(11-27)37-23/h3-9,12,15-16,18-21,23-24,27-28,30-32,34H,10-11H2,1-2H3/b9-8+/t15-,16-,18-,19+,20-,21-,23+,24+,25+,26-/m1/s1. The third kappa shape index (κ3) is 5.32. The molecule has 39 heavy (non-hydrogen) atoms. The Morgan fingerprint density at radius 1 is 1.08 bits per heavy atom. The first-order valence-corrected chi connectivity index (χ1v) is 12.2. The van der Waals surface area contributed by atoms with Crippen LogP contribution in [0.3, 0.4) is 0 Å². The van der Waals surface area contributed by atoms with Crippen LogP contribution < -0.4 is 0 Å². The second kappa shape index (κ2) is 11.3. The van der Waals surface area contributed by atoms with Crippen molar-refractivity contribution >= 4 is 18.0 Å². The molecule has 1 aliphatic carbocycles. The van der Waals surface area contributed by atoms with Gasteiger partial charge >= 0.3 is 11.9 Å². The first-order chi connectivity index (χ1) is 18.5. The number of fused-ring (bicyclic) bond motifs is 1. The molecule has 0 aromatic heterocycles. The molecule has 0 unspecified atom stereocenters. The van der Waals surface area contributed by atoms with Gasteiger partial charge < -0.3 is 54.3 Å². The average Bonchev–Trinajstić information content (AvgIpc) is 3.12. The lowest BCUT2D eigenvalue weighted by atomic mass is 9.76. The molecule has 0 radical (unpaired) electrons. The van der Waals surface area contributed by atoms with Gasteiger partial charge in [-0.25, -0.2) is 9.59 Å². The van der Waals surface area contributed by atoms with Crippen LogP contribution in [0.4, 0.5) is 0 Å². The van der Waals surface area contributed by atoms with Crippen LogP contribution in [0.25, 0.3) is 6.08 Å². The lowest BCUT2D eigenvalue weighted by Gasteiger charge is -2.47. The van der Waals surface area contributed by atoms with Crippen molar-refractivity contribution in [2.24, 2.45) is 5.92 Å². The zero-order chi connectivity index (χ0) is 28.5. The molecule has 2 heterocycles. The fourth-order valence-electron chi connectivity index (χ4n) is 5.33. The van der Waals surface area contributed by atoms with Gasteiger partial charge in [-0.3, -0.25) is 0 Å². The van der Waals surface area contributed by atoms with Crippen LogP contribution in [0.5, 0.6) is 0 Å². The second-order valence-electron chi connectivity index (χ2n) is 9.86. The van der Waals surface area contributed by atoms with Crippen LogP contribution in [0, 0.1) is 5.92 Å². The minimum atomic E-state index is -2.40. The fourth-order valence-corrected chi connectivity index (χ4v) is 5.33. The number of aliphatic hydroxyl groups excluding tert-OH is 5. The Morgan fingerprint density at radius 3 is 2.41 bits per heavy atom. The number of hydrogen-bond acceptors (Lipinski definition) is 13. The van der Waals surface area contributed by atoms with Crippen LogP contribution in [-0.4, -0.2) is 111 Å². The van der Waals surface area contributed by atoms with Crippen molar-refractivity contribution in [3.63, 3.8) is 0 Å². The molecule has 1 saturated heterocycles. The molecule has 1 aromatic carbocycles. The summed E-state index contributed by atoms with van der Waals surface area (Å²) >= 11 is 0. The van der Waals surface area contributed by atoms with E-state index in [2.05, 4.69) is 0 Å². The molecular formula is C26H32O13. The van der Waals surface area contributed by atoms with Gasteiger partial charge in [-0.2, -0.15) is 0 Å². The van der Waals surface area contributed by atoms with Gasteiger partial charge in [-0.1, -0.05) is 30.3 Å². The number of rotatable bonds is 7. The van der Waals surface area contributed by atoms with Crippen LogP contribution in [-0.2, 0) is 33.3 Å². The van der Waals surface area contributed by atoms with Crippen molar-refractivity contribution in [3.8, 4) is 0 Å². The monoisotopic (exact) mass is 552 g/mol. The molecule has 214 valence electrons. The smallest absolute Gasteiger partial charge is 0.339 e. The maximum Gasteiger partial charge on any atom is 0.339 e. The molecule has 13 nitrogen and oxygen atoms in total. The molecule has 0 bridgehead atoms. The van der Waals surface area contributed by atoms with Crippen LogP contribution in [0.15, 0.2) is 48.2 Å². The number of carbonyl (C=O) groups excluding carboxylic acids is 2. The minimum Gasteiger partial charge on any atom is -0.471 e. The lowest BCUT2D eigenvalue weighted by molar-refractivity contribution is -0.352. The summed E-state index contributed by atoms with van der Waals surface area (Å²) in [4.78, 5) is 25.3. The van der Waals surface area contributed by atoms with Gasteiger partial charge in [-0.05, 0) is 18.6 Å². The number of ether oxygens (including phenoxy) is 5. The summed E-state index contributed by atoms with van der Waals surface area (Å²) in [6, 6.07) is 8.89. The van der Waals surface area contributed by atoms with E-state index in [-0.39, 0.29) is 6.42 Å². The van der Waals surface area contributed by atoms with Crippen LogP contribution in [0.2, 0.25) is 0 Å². The Balaban J connectivity index is 1.66. The summed E-state index contributed by atoms with van der Waals surface area (Å²) in [6.07, 6.45) is -8.42. The van der Waals surface area contributed by atoms with Gasteiger partial charge in [-0.15, -0.1) is 0 Å². The highest BCUT2D eigenvalue weighted by molar-refractivity contribution is 5.91. The normalized spacial score (nSPS) is 39.9. The third-order valence-electron chi connectivity index (χ3n) is 7.33. The number of methoxy groups -OCH3 is 1. The van der Waals surface area contributed by atoms with E-state index in [1.807, 2.05) is 6.07 Å². The van der Waals surface area contributed by atoms with E-state index in [1.165, 1.54) is 13.0 Å². The molecule has 10 atom stereocenters. The Hall–Kier alpha value is -2.88. The predicted molar refractivity (Wildman–Crippen MR) is 129 cm³/mol. The quantitative estimate of drug-likeness (QED) is 0.166. The molecule has 2 fully saturated rings. The second-order valence-corrected chi connectivity index (χ2v) is 9.86. The highest BCUT2D eigenvalue weighted by Gasteiger charge is 2.70. The van der Waals surface area contributed by atoms with E-state index in [1.54, 1.807) is 24.3 Å². The van der Waals surface area contributed by atoms with E-state index >= 15 is 0 Å². The molecule has 0 amide bonds. The number of carbonyl (C=O) groups is 2. The predicted octanol–water partition coefficient (Wildman–Crippen LogP) is -1.66. The van der Waals surface area contributed by atoms with Gasteiger partial charge in [0.25, 0.3) is 0 Å². The number of esters is 2. The third-order valence-corrected chi connectivity index (χ3v) is 7.33. The molecule has 4 rings (SSSR count). The molecule has 13 heteroatoms. The first-order valence-electron chi connectivity index (χ1n) is 12.2. The zero-order valence-electron chi connectivity index (χ0n) is 21.2. The molecule has 2 aliphatic heterocycles. The van der Waals surface area contributed by atoms with E-state index in [0.717, 1.165) is 19.4 Å². The van der Waals surface area contributed by atoms with E-state index in [9.17, 15) is 40.2 Å². The molecule has 3 aliphatic rings. The van der Waals surface area contributed by atoms with Gasteiger partial charge in [0.1, 0.15) is 47.5 Å². The number of aliphatic hydroxyl groups is 6. The molecular weight excluding hydrogens is 520 g/mol. The summed E-state index contributed by atoms with van der Waals surface area (Å²) in [5.41, 5.74) is -3.86. The Labute approximate surface area is 223 Å². The summed E-state index contributed by atoms with van der Waals surface area (Å²) < 4.78 is 27.1. The van der Waals surface area contributed by atoms with Crippen molar-refractivity contribution in [1.29, 1.82) is 0 Å². The van der Waals surface area contributed by atoms with E-state index < -0.39 is 84.3 Å². The van der Waals surface area contributed by atoms with Gasteiger partial charge in [0, 0.05) is 12.5 Å². The van der Waals surface area contributed by atoms with E-state index in [4.69, 9.17) is 23.7 Å². The summed E-state index contributed by atoms with van der Waals surface area (Å²) in [7, 11) is 1.06. The van der Waals surface area contributed by atoms with Crippen molar-refractivity contribution in [1.82, 2.24) is 0 Å². The van der Waals surface area contributed by atoms with Crippen molar-refractivity contribution in [3.05, 3.63) is 53.8 Å². The Kier molecular flexibility index (Phi) is 8.44. The number of hydrogen-bond donors (Lipinski definition) is 6. The average molecular weight is 553 g/mol. The number of benzene rings is 1. The summed E-state index contributed by atoms with van der Waals surface area (Å²) in [5.74, 6) is -3.34. The highest BCUT2D eigenvalue weighted by Crippen LogP contribution is 2.54. The molecule has 1 saturated carbocycles. The maximum atomic E-state index is 12.8. The first kappa shape index (κ1) is 29.1. The largest absolute Gasteiger partial charge is 0.471 e. The van der Waals surface area contributed by atoms with Gasteiger partial charge in [0.2, 0.25) is 6.29 Å². The van der Waals surface area contributed by atoms with E-state index in [0.29, 0.717) is 5.56 Å². The van der Waals surface area contributed by atoms with Gasteiger partial charge in [0.05, 0.1) is 25.7 Å². The topological polar surface area (TPSA) is 202 Å². The lowest BCUT2D eigenvalue weighted by Crippen LogP contribution is -2.63. The van der Waals surface area contributed by atoms with Gasteiger partial charge in [0.15, 0.2) is 6.29 Å².